The van der Waals surface area contributed by atoms with Gasteiger partial charge in [0.1, 0.15) is 11.5 Å². The molecule has 4 nitrogen and oxygen atoms in total. The predicted molar refractivity (Wildman–Crippen MR) is 104 cm³/mol. The van der Waals surface area contributed by atoms with Crippen molar-refractivity contribution in [1.29, 1.82) is 0 Å². The summed E-state index contributed by atoms with van der Waals surface area (Å²) in [4.78, 5) is 11.3. The maximum Gasteiger partial charge on any atom is 0.306 e. The lowest BCUT2D eigenvalue weighted by atomic mass is 9.75. The van der Waals surface area contributed by atoms with Gasteiger partial charge in [-0.1, -0.05) is 52.9 Å². The van der Waals surface area contributed by atoms with Crippen LogP contribution in [-0.4, -0.2) is 21.3 Å². The number of hydrogen-bond donors (Lipinski definition) is 3. The highest BCUT2D eigenvalue weighted by Crippen LogP contribution is 2.46. The molecule has 1 fully saturated rings. The van der Waals surface area contributed by atoms with Gasteiger partial charge in [0.25, 0.3) is 0 Å². The minimum Gasteiger partial charge on any atom is -0.508 e. The van der Waals surface area contributed by atoms with E-state index in [-0.39, 0.29) is 28.7 Å². The van der Waals surface area contributed by atoms with Gasteiger partial charge in [-0.2, -0.15) is 0 Å². The van der Waals surface area contributed by atoms with E-state index < -0.39 is 5.97 Å². The number of carbonyl (C=O) groups is 1. The number of rotatable bonds is 8. The first-order valence-electron chi connectivity index (χ1n) is 10.1. The first kappa shape index (κ1) is 20.6. The van der Waals surface area contributed by atoms with Gasteiger partial charge in [-0.3, -0.25) is 4.79 Å². The Morgan fingerprint density at radius 1 is 1.12 bits per heavy atom. The highest BCUT2D eigenvalue weighted by atomic mass is 16.4. The van der Waals surface area contributed by atoms with Gasteiger partial charge in [-0.15, -0.1) is 0 Å². The fourth-order valence-corrected chi connectivity index (χ4v) is 4.25. The second kappa shape index (κ2) is 8.79. The fourth-order valence-electron chi connectivity index (χ4n) is 4.25. The Balaban J connectivity index is 2.18. The van der Waals surface area contributed by atoms with Gasteiger partial charge in [0.15, 0.2) is 0 Å². The molecule has 0 heterocycles. The van der Waals surface area contributed by atoms with Gasteiger partial charge in [-0.25, -0.2) is 0 Å². The Kier molecular flexibility index (Phi) is 6.96. The molecule has 2 unspecified atom stereocenters. The van der Waals surface area contributed by atoms with Crippen LogP contribution in [0.25, 0.3) is 0 Å². The molecular weight excluding hydrogens is 328 g/mol. The van der Waals surface area contributed by atoms with E-state index in [0.717, 1.165) is 31.2 Å². The lowest BCUT2D eigenvalue weighted by Gasteiger charge is -2.30. The van der Waals surface area contributed by atoms with Gasteiger partial charge in [0.05, 0.1) is 5.92 Å². The molecule has 3 N–H and O–H groups in total. The lowest BCUT2D eigenvalue weighted by molar-refractivity contribution is -0.143. The quantitative estimate of drug-likeness (QED) is 0.518. The summed E-state index contributed by atoms with van der Waals surface area (Å²) < 4.78 is 0. The van der Waals surface area contributed by atoms with E-state index in [1.165, 1.54) is 19.3 Å². The molecule has 1 aliphatic carbocycles. The third kappa shape index (κ3) is 4.93. The molecule has 0 spiro atoms. The van der Waals surface area contributed by atoms with Crippen molar-refractivity contribution in [2.24, 2.45) is 5.92 Å². The maximum atomic E-state index is 11.3. The summed E-state index contributed by atoms with van der Waals surface area (Å²) in [6.45, 7) is 6.49. The van der Waals surface area contributed by atoms with Crippen molar-refractivity contribution in [2.45, 2.75) is 89.9 Å². The lowest BCUT2D eigenvalue weighted by Crippen LogP contribution is -2.22. The number of carboxylic acids is 1. The SMILES string of the molecule is CCCCCCC(C)(C)c1cc(O)c(C2CCCC(C(=O)O)C2)c(O)c1. The number of carboxylic acid groups (broad SMARTS) is 1. The van der Waals surface area contributed by atoms with Crippen molar-refractivity contribution in [3.63, 3.8) is 0 Å². The first-order valence-corrected chi connectivity index (χ1v) is 10.1. The Labute approximate surface area is 157 Å². The van der Waals surface area contributed by atoms with Crippen molar-refractivity contribution < 1.29 is 20.1 Å². The van der Waals surface area contributed by atoms with Crippen LogP contribution in [0.15, 0.2) is 12.1 Å². The van der Waals surface area contributed by atoms with Crippen LogP contribution in [0.1, 0.15) is 95.6 Å². The van der Waals surface area contributed by atoms with Gasteiger partial charge >= 0.3 is 5.97 Å². The number of benzene rings is 1. The molecule has 0 radical (unpaired) electrons. The molecule has 4 heteroatoms. The Morgan fingerprint density at radius 2 is 1.77 bits per heavy atom. The summed E-state index contributed by atoms with van der Waals surface area (Å²) in [6.07, 6.45) is 8.56. The van der Waals surface area contributed by atoms with Gasteiger partial charge in [0.2, 0.25) is 0 Å². The summed E-state index contributed by atoms with van der Waals surface area (Å²) in [5.74, 6) is -1.04. The summed E-state index contributed by atoms with van der Waals surface area (Å²) in [7, 11) is 0. The summed E-state index contributed by atoms with van der Waals surface area (Å²) >= 11 is 0. The molecular formula is C22H34O4. The fraction of sp³-hybridized carbons (Fsp3) is 0.682. The topological polar surface area (TPSA) is 77.8 Å². The van der Waals surface area contributed by atoms with E-state index in [4.69, 9.17) is 0 Å². The van der Waals surface area contributed by atoms with Crippen LogP contribution >= 0.6 is 0 Å². The highest BCUT2D eigenvalue weighted by molar-refractivity contribution is 5.70. The maximum absolute atomic E-state index is 11.3. The van der Waals surface area contributed by atoms with Crippen LogP contribution in [0, 0.1) is 5.92 Å². The molecule has 1 aliphatic rings. The minimum atomic E-state index is -0.779. The third-order valence-electron chi connectivity index (χ3n) is 6.00. The average molecular weight is 363 g/mol. The van der Waals surface area contributed by atoms with E-state index in [1.54, 1.807) is 12.1 Å². The largest absolute Gasteiger partial charge is 0.508 e. The molecule has 1 saturated carbocycles. The minimum absolute atomic E-state index is 0.0911. The van der Waals surface area contributed by atoms with E-state index in [0.29, 0.717) is 18.4 Å². The van der Waals surface area contributed by atoms with Crippen LogP contribution in [0.2, 0.25) is 0 Å². The molecule has 1 aromatic carbocycles. The van der Waals surface area contributed by atoms with E-state index in [9.17, 15) is 20.1 Å². The van der Waals surface area contributed by atoms with Gasteiger partial charge < -0.3 is 15.3 Å². The van der Waals surface area contributed by atoms with Gasteiger partial charge in [-0.05, 0) is 54.7 Å². The summed E-state index contributed by atoms with van der Waals surface area (Å²) in [5, 5.41) is 30.5. The van der Waals surface area contributed by atoms with Gasteiger partial charge in [0, 0.05) is 5.56 Å². The van der Waals surface area contributed by atoms with Crippen LogP contribution < -0.4 is 0 Å². The number of hydrogen-bond acceptors (Lipinski definition) is 3. The zero-order valence-corrected chi connectivity index (χ0v) is 16.4. The molecule has 0 aromatic heterocycles. The smallest absolute Gasteiger partial charge is 0.306 e. The van der Waals surface area contributed by atoms with Crippen molar-refractivity contribution >= 4 is 5.97 Å². The van der Waals surface area contributed by atoms with E-state index in [1.807, 2.05) is 0 Å². The molecule has 0 saturated heterocycles. The van der Waals surface area contributed by atoms with Crippen molar-refractivity contribution in [3.05, 3.63) is 23.3 Å². The highest BCUT2D eigenvalue weighted by Gasteiger charge is 2.32. The molecule has 0 bridgehead atoms. The Morgan fingerprint density at radius 3 is 2.35 bits per heavy atom. The molecule has 2 rings (SSSR count). The monoisotopic (exact) mass is 362 g/mol. The number of phenols is 2. The van der Waals surface area contributed by atoms with Crippen molar-refractivity contribution in [3.8, 4) is 11.5 Å². The first-order chi connectivity index (χ1) is 12.3. The number of phenolic OH excluding ortho intramolecular Hbond substituents is 2. The molecule has 0 amide bonds. The second-order valence-electron chi connectivity index (χ2n) is 8.52. The third-order valence-corrected chi connectivity index (χ3v) is 6.00. The molecule has 26 heavy (non-hydrogen) atoms. The van der Waals surface area contributed by atoms with Crippen LogP contribution in [-0.2, 0) is 10.2 Å². The van der Waals surface area contributed by atoms with Crippen molar-refractivity contribution in [2.75, 3.05) is 0 Å². The van der Waals surface area contributed by atoms with Crippen LogP contribution in [0.4, 0.5) is 0 Å². The van der Waals surface area contributed by atoms with E-state index in [2.05, 4.69) is 20.8 Å². The Hall–Kier alpha value is -1.71. The molecule has 0 aliphatic heterocycles. The zero-order valence-electron chi connectivity index (χ0n) is 16.4. The second-order valence-corrected chi connectivity index (χ2v) is 8.52. The standard InChI is InChI=1S/C22H34O4/c1-4-5-6-7-11-22(2,3)17-13-18(23)20(19(24)14-17)15-9-8-10-16(12-15)21(25)26/h13-16,23-24H,4-12H2,1-3H3,(H,25,26). The summed E-state index contributed by atoms with van der Waals surface area (Å²) in [5.41, 5.74) is 1.36. The van der Waals surface area contributed by atoms with Crippen LogP contribution in [0.3, 0.4) is 0 Å². The average Bonchev–Trinajstić information content (AvgIpc) is 2.58. The summed E-state index contributed by atoms with van der Waals surface area (Å²) in [6, 6.07) is 3.55. The molecule has 2 atom stereocenters. The zero-order chi connectivity index (χ0) is 19.3. The number of aliphatic carboxylic acids is 1. The predicted octanol–water partition coefficient (Wildman–Crippen LogP) is 5.70. The van der Waals surface area contributed by atoms with Crippen molar-refractivity contribution in [1.82, 2.24) is 0 Å². The number of aromatic hydroxyl groups is 2. The molecule has 1 aromatic rings. The number of unbranched alkanes of at least 4 members (excludes halogenated alkanes) is 3. The van der Waals surface area contributed by atoms with E-state index >= 15 is 0 Å². The molecule has 146 valence electrons. The normalized spacial score (nSPS) is 20.9. The van der Waals surface area contributed by atoms with Crippen LogP contribution in [0.5, 0.6) is 11.5 Å². The Bertz CT molecular complexity index is 598.